The Morgan fingerprint density at radius 1 is 0.816 bits per heavy atom. The number of hydrogen-bond donors (Lipinski definition) is 3. The van der Waals surface area contributed by atoms with Crippen LogP contribution in [0.4, 0.5) is 5.69 Å². The number of phenols is 1. The Morgan fingerprint density at radius 2 is 1.37 bits per heavy atom. The molecule has 0 heterocycles. The molecule has 2 aromatic rings. The minimum atomic E-state index is -5.03. The van der Waals surface area contributed by atoms with E-state index >= 15 is 0 Å². The van der Waals surface area contributed by atoms with E-state index in [1.807, 2.05) is 52.0 Å². The molecule has 9 nitrogen and oxygen atoms in total. The molecule has 0 amide bonds. The van der Waals surface area contributed by atoms with Crippen molar-refractivity contribution in [2.75, 3.05) is 31.1 Å². The zero-order valence-electron chi connectivity index (χ0n) is 21.8. The van der Waals surface area contributed by atoms with E-state index in [9.17, 15) is 31.0 Å². The molecule has 0 saturated heterocycles. The maximum absolute atomic E-state index is 12.4. The predicted octanol–water partition coefficient (Wildman–Crippen LogP) is 4.15. The van der Waals surface area contributed by atoms with Crippen LogP contribution in [0.25, 0.3) is 5.57 Å². The SMILES string of the molecule is CCN(CC)c1ccc(C(=C2C=CC(=[N+](CC)CC)C=C2)c2c(O)cc(S(=O)(=O)O)cc2S(=O)(=O)O)cc1. The molecule has 0 radical (unpaired) electrons. The first-order valence-electron chi connectivity index (χ1n) is 12.3. The van der Waals surface area contributed by atoms with Gasteiger partial charge in [-0.3, -0.25) is 9.11 Å². The zero-order valence-corrected chi connectivity index (χ0v) is 23.4. The third-order valence-electron chi connectivity index (χ3n) is 6.45. The molecule has 0 fully saturated rings. The maximum atomic E-state index is 12.4. The highest BCUT2D eigenvalue weighted by Crippen LogP contribution is 2.41. The van der Waals surface area contributed by atoms with Crippen molar-refractivity contribution in [3.05, 3.63) is 77.4 Å². The average Bonchev–Trinajstić information content (AvgIpc) is 2.87. The first kappa shape index (κ1) is 29.3. The van der Waals surface area contributed by atoms with E-state index < -0.39 is 35.8 Å². The van der Waals surface area contributed by atoms with Crippen molar-refractivity contribution < 1.29 is 35.6 Å². The molecule has 0 spiro atoms. The number of allylic oxidation sites excluding steroid dienone is 5. The van der Waals surface area contributed by atoms with E-state index in [0.717, 1.165) is 43.6 Å². The van der Waals surface area contributed by atoms with Gasteiger partial charge in [0.1, 0.15) is 23.7 Å². The van der Waals surface area contributed by atoms with Crippen LogP contribution in [0, 0.1) is 0 Å². The summed E-state index contributed by atoms with van der Waals surface area (Å²) in [5.74, 6) is -0.733. The fourth-order valence-electron chi connectivity index (χ4n) is 4.49. The van der Waals surface area contributed by atoms with E-state index in [1.165, 1.54) is 0 Å². The summed E-state index contributed by atoms with van der Waals surface area (Å²) in [5.41, 5.74) is 2.90. The van der Waals surface area contributed by atoms with Gasteiger partial charge < -0.3 is 10.0 Å². The topological polar surface area (TPSA) is 135 Å². The highest BCUT2D eigenvalue weighted by molar-refractivity contribution is 7.86. The van der Waals surface area contributed by atoms with Gasteiger partial charge in [-0.05, 0) is 69.2 Å². The summed E-state index contributed by atoms with van der Waals surface area (Å²) >= 11 is 0. The van der Waals surface area contributed by atoms with Crippen LogP contribution in [-0.2, 0) is 20.2 Å². The normalized spacial score (nSPS) is 13.6. The van der Waals surface area contributed by atoms with Crippen LogP contribution in [0.2, 0.25) is 0 Å². The molecule has 1 aliphatic carbocycles. The quantitative estimate of drug-likeness (QED) is 0.307. The zero-order chi connectivity index (χ0) is 28.3. The molecule has 3 rings (SSSR count). The lowest BCUT2D eigenvalue weighted by molar-refractivity contribution is -0.519. The number of rotatable bonds is 9. The van der Waals surface area contributed by atoms with E-state index in [-0.39, 0.29) is 11.1 Å². The summed E-state index contributed by atoms with van der Waals surface area (Å²) in [6, 6.07) is 8.66. The fourth-order valence-corrected chi connectivity index (χ4v) is 5.83. The molecule has 0 bridgehead atoms. The Labute approximate surface area is 224 Å². The second kappa shape index (κ2) is 11.6. The van der Waals surface area contributed by atoms with Crippen molar-refractivity contribution in [2.24, 2.45) is 0 Å². The fraction of sp³-hybridized carbons (Fsp3) is 0.296. The largest absolute Gasteiger partial charge is 0.507 e. The first-order valence-corrected chi connectivity index (χ1v) is 15.1. The highest BCUT2D eigenvalue weighted by atomic mass is 32.2. The van der Waals surface area contributed by atoms with E-state index in [4.69, 9.17) is 0 Å². The average molecular weight is 562 g/mol. The van der Waals surface area contributed by atoms with Gasteiger partial charge in [0.05, 0.1) is 4.90 Å². The van der Waals surface area contributed by atoms with Gasteiger partial charge in [-0.25, -0.2) is 4.58 Å². The third kappa shape index (κ3) is 6.24. The Kier molecular flexibility index (Phi) is 8.98. The summed E-state index contributed by atoms with van der Waals surface area (Å²) < 4.78 is 70.0. The Balaban J connectivity index is 2.39. The summed E-state index contributed by atoms with van der Waals surface area (Å²) in [5, 5.41) is 10.9. The smallest absolute Gasteiger partial charge is 0.295 e. The number of hydrogen-bond acceptors (Lipinski definition) is 6. The standard InChI is InChI=1S/C27H32N2O7S2/c1-5-28(6-2)21-13-9-19(10-14-21)26(20-11-15-22(16-12-20)29(7-3)8-4)27-24(30)17-23(37(31,32)33)18-25(27)38(34,35)36/h9-18H,5-8H2,1-4H3,(H2,31,32,33,34,35,36)/p+1. The Morgan fingerprint density at radius 3 is 1.82 bits per heavy atom. The van der Waals surface area contributed by atoms with E-state index in [1.54, 1.807) is 24.3 Å². The molecule has 38 heavy (non-hydrogen) atoms. The molecule has 0 unspecified atom stereocenters. The van der Waals surface area contributed by atoms with Crippen molar-refractivity contribution in [2.45, 2.75) is 37.5 Å². The number of anilines is 1. The lowest BCUT2D eigenvalue weighted by Crippen LogP contribution is -2.21. The van der Waals surface area contributed by atoms with Gasteiger partial charge in [-0.1, -0.05) is 12.1 Å². The van der Waals surface area contributed by atoms with E-state index in [2.05, 4.69) is 9.48 Å². The Bertz CT molecular complexity index is 1520. The van der Waals surface area contributed by atoms with Crippen LogP contribution in [-0.4, -0.2) is 67.5 Å². The van der Waals surface area contributed by atoms with Crippen molar-refractivity contribution in [3.8, 4) is 5.75 Å². The van der Waals surface area contributed by atoms with Crippen LogP contribution in [0.3, 0.4) is 0 Å². The molecule has 0 aliphatic heterocycles. The number of benzene rings is 2. The molecule has 3 N–H and O–H groups in total. The van der Waals surface area contributed by atoms with Gasteiger partial charge in [0.2, 0.25) is 0 Å². The van der Waals surface area contributed by atoms with Gasteiger partial charge in [0, 0.05) is 48.1 Å². The number of aromatic hydroxyl groups is 1. The van der Waals surface area contributed by atoms with Crippen molar-refractivity contribution >= 4 is 37.2 Å². The second-order valence-electron chi connectivity index (χ2n) is 8.58. The minimum Gasteiger partial charge on any atom is -0.507 e. The number of phenolic OH excluding ortho intramolecular Hbond substituents is 1. The van der Waals surface area contributed by atoms with Gasteiger partial charge in [-0.15, -0.1) is 0 Å². The van der Waals surface area contributed by atoms with Crippen LogP contribution >= 0.6 is 0 Å². The Hall–Kier alpha value is -3.25. The molecular weight excluding hydrogens is 528 g/mol. The molecule has 1 aliphatic rings. The third-order valence-corrected chi connectivity index (χ3v) is 8.16. The van der Waals surface area contributed by atoms with Gasteiger partial charge in [0.15, 0.2) is 5.71 Å². The van der Waals surface area contributed by atoms with Crippen molar-refractivity contribution in [1.82, 2.24) is 0 Å². The van der Waals surface area contributed by atoms with Crippen LogP contribution in [0.1, 0.15) is 38.8 Å². The molecule has 11 heteroatoms. The molecular formula is C27H33N2O7S2+. The summed E-state index contributed by atoms with van der Waals surface area (Å²) in [6.45, 7) is 11.2. The molecule has 204 valence electrons. The molecule has 0 saturated carbocycles. The summed E-state index contributed by atoms with van der Waals surface area (Å²) in [4.78, 5) is 0.421. The minimum absolute atomic E-state index is 0.259. The van der Waals surface area contributed by atoms with Crippen LogP contribution < -0.4 is 4.90 Å². The lowest BCUT2D eigenvalue weighted by atomic mass is 9.90. The van der Waals surface area contributed by atoms with Crippen molar-refractivity contribution in [3.63, 3.8) is 0 Å². The van der Waals surface area contributed by atoms with Gasteiger partial charge in [0.25, 0.3) is 20.2 Å². The second-order valence-corrected chi connectivity index (χ2v) is 11.4. The predicted molar refractivity (Wildman–Crippen MR) is 148 cm³/mol. The monoisotopic (exact) mass is 561 g/mol. The van der Waals surface area contributed by atoms with Crippen LogP contribution in [0.15, 0.2) is 76.1 Å². The first-order chi connectivity index (χ1) is 17.8. The number of nitrogens with zero attached hydrogens (tertiary/aromatic N) is 2. The van der Waals surface area contributed by atoms with Gasteiger partial charge >= 0.3 is 0 Å². The molecule has 2 aromatic carbocycles. The summed E-state index contributed by atoms with van der Waals surface area (Å²) in [7, 11) is -9.91. The van der Waals surface area contributed by atoms with Crippen molar-refractivity contribution in [1.29, 1.82) is 0 Å². The van der Waals surface area contributed by atoms with Gasteiger partial charge in [-0.2, -0.15) is 16.8 Å². The molecule has 0 aromatic heterocycles. The van der Waals surface area contributed by atoms with E-state index in [0.29, 0.717) is 17.2 Å². The van der Waals surface area contributed by atoms with Crippen LogP contribution in [0.5, 0.6) is 5.75 Å². The summed E-state index contributed by atoms with van der Waals surface area (Å²) in [6.07, 6.45) is 7.27. The lowest BCUT2D eigenvalue weighted by Gasteiger charge is -2.22. The molecule has 0 atom stereocenters. The maximum Gasteiger partial charge on any atom is 0.295 e. The highest BCUT2D eigenvalue weighted by Gasteiger charge is 2.28.